The van der Waals surface area contributed by atoms with Crippen LogP contribution in [0.25, 0.3) is 10.2 Å². The molecule has 1 aromatic heterocycles. The van der Waals surface area contributed by atoms with E-state index in [1.807, 2.05) is 0 Å². The molecule has 0 N–H and O–H groups in total. The van der Waals surface area contributed by atoms with Gasteiger partial charge in [0.15, 0.2) is 14.6 Å². The number of sulfone groups is 1. The van der Waals surface area contributed by atoms with Crippen LogP contribution in [0.3, 0.4) is 0 Å². The van der Waals surface area contributed by atoms with Crippen LogP contribution in [0.5, 0.6) is 0 Å². The highest BCUT2D eigenvalue weighted by molar-refractivity contribution is 7.92. The lowest BCUT2D eigenvalue weighted by Crippen LogP contribution is -2.40. The molecule has 174 valence electrons. The molecule has 1 aliphatic heterocycles. The molecule has 0 atom stereocenters. The van der Waals surface area contributed by atoms with Gasteiger partial charge in [0.25, 0.3) is 5.91 Å². The second-order valence-electron chi connectivity index (χ2n) is 7.37. The summed E-state index contributed by atoms with van der Waals surface area (Å²) in [5.74, 6) is -3.53. The summed E-state index contributed by atoms with van der Waals surface area (Å²) in [4.78, 5) is 42.4. The molecule has 2 amide bonds. The van der Waals surface area contributed by atoms with Crippen molar-refractivity contribution in [2.45, 2.75) is 32.7 Å². The van der Waals surface area contributed by atoms with Gasteiger partial charge in [-0.15, -0.1) is 0 Å². The van der Waals surface area contributed by atoms with Crippen molar-refractivity contribution in [1.82, 2.24) is 9.47 Å². The zero-order valence-corrected chi connectivity index (χ0v) is 20.0. The first-order chi connectivity index (χ1) is 15.2. The second kappa shape index (κ2) is 10.6. The van der Waals surface area contributed by atoms with Crippen molar-refractivity contribution in [1.29, 1.82) is 0 Å². The van der Waals surface area contributed by atoms with E-state index in [2.05, 4.69) is 4.99 Å². The van der Waals surface area contributed by atoms with Gasteiger partial charge >= 0.3 is 5.97 Å². The number of ether oxygens (including phenoxy) is 1. The number of hydrogen-bond acceptors (Lipinski definition) is 7. The number of benzene rings is 1. The van der Waals surface area contributed by atoms with Crippen LogP contribution in [0, 0.1) is 0 Å². The van der Waals surface area contributed by atoms with Gasteiger partial charge in [-0.1, -0.05) is 22.9 Å². The Bertz CT molecular complexity index is 1200. The highest BCUT2D eigenvalue weighted by Crippen LogP contribution is 2.22. The molecule has 2 aromatic rings. The maximum atomic E-state index is 12.5. The number of thiazole rings is 1. The van der Waals surface area contributed by atoms with Gasteiger partial charge in [-0.05, 0) is 44.4 Å². The molecule has 1 aliphatic rings. The predicted molar refractivity (Wildman–Crippen MR) is 121 cm³/mol. The average Bonchev–Trinajstić information content (AvgIpc) is 3.03. The number of fused-ring (bicyclic) bond motifs is 1. The highest BCUT2D eigenvalue weighted by atomic mass is 35.5. The Kier molecular flexibility index (Phi) is 8.07. The van der Waals surface area contributed by atoms with Crippen molar-refractivity contribution in [3.05, 3.63) is 28.0 Å². The van der Waals surface area contributed by atoms with Crippen LogP contribution in [-0.2, 0) is 35.5 Å². The summed E-state index contributed by atoms with van der Waals surface area (Å²) < 4.78 is 32.0. The van der Waals surface area contributed by atoms with Crippen LogP contribution < -0.4 is 4.80 Å². The molecule has 2 heterocycles. The van der Waals surface area contributed by atoms with E-state index in [1.165, 1.54) is 9.47 Å². The number of piperidine rings is 1. The van der Waals surface area contributed by atoms with Crippen LogP contribution in [0.4, 0.5) is 0 Å². The maximum absolute atomic E-state index is 12.5. The molecule has 1 fully saturated rings. The van der Waals surface area contributed by atoms with Gasteiger partial charge in [0.1, 0.15) is 18.1 Å². The van der Waals surface area contributed by atoms with Crippen molar-refractivity contribution in [2.24, 2.45) is 4.99 Å². The first-order valence-corrected chi connectivity index (χ1v) is 13.2. The van der Waals surface area contributed by atoms with Crippen LogP contribution in [0.2, 0.25) is 5.02 Å². The minimum absolute atomic E-state index is 0.151. The van der Waals surface area contributed by atoms with Gasteiger partial charge < -0.3 is 14.2 Å². The molecule has 1 aromatic carbocycles. The molecule has 0 spiro atoms. The summed E-state index contributed by atoms with van der Waals surface area (Å²) in [6.45, 7) is 2.75. The molecule has 0 bridgehead atoms. The number of nitrogens with zero attached hydrogens (tertiary/aromatic N) is 3. The first kappa shape index (κ1) is 24.4. The van der Waals surface area contributed by atoms with E-state index in [0.717, 1.165) is 30.6 Å². The van der Waals surface area contributed by atoms with Crippen LogP contribution in [0.15, 0.2) is 23.2 Å². The molecule has 9 nitrogen and oxygen atoms in total. The van der Waals surface area contributed by atoms with Gasteiger partial charge in [-0.3, -0.25) is 14.4 Å². The van der Waals surface area contributed by atoms with Crippen molar-refractivity contribution in [2.75, 3.05) is 31.2 Å². The largest absolute Gasteiger partial charge is 0.465 e. The standard InChI is InChI=1S/C20H24ClN3O6S2/c1-2-30-19(27)11-24-15-7-6-14(21)10-16(15)31-20(24)22-17(25)12-32(28,29)13-18(26)23-8-4-3-5-9-23/h6-7,10H,2-5,8-9,11-13H2,1H3. The highest BCUT2D eigenvalue weighted by Gasteiger charge is 2.25. The SMILES string of the molecule is CCOC(=O)Cn1c(=NC(=O)CS(=O)(=O)CC(=O)N2CCCCC2)sc2cc(Cl)ccc21. The third kappa shape index (κ3) is 6.39. The average molecular weight is 502 g/mol. The van der Waals surface area contributed by atoms with E-state index in [4.69, 9.17) is 16.3 Å². The summed E-state index contributed by atoms with van der Waals surface area (Å²) in [6, 6.07) is 4.99. The number of likely N-dealkylation sites (tertiary alicyclic amines) is 1. The molecule has 0 saturated carbocycles. The second-order valence-corrected chi connectivity index (χ2v) is 10.9. The normalized spacial score (nSPS) is 15.2. The Morgan fingerprint density at radius 1 is 1.16 bits per heavy atom. The molecule has 3 rings (SSSR count). The fourth-order valence-electron chi connectivity index (χ4n) is 3.42. The number of amides is 2. The summed E-state index contributed by atoms with van der Waals surface area (Å²) in [5.41, 5.74) is 0.613. The number of hydrogen-bond donors (Lipinski definition) is 0. The van der Waals surface area contributed by atoms with Gasteiger partial charge in [-0.25, -0.2) is 8.42 Å². The topological polar surface area (TPSA) is 115 Å². The third-order valence-corrected chi connectivity index (χ3v) is 7.50. The fraction of sp³-hybridized carbons (Fsp3) is 0.500. The van der Waals surface area contributed by atoms with Crippen LogP contribution >= 0.6 is 22.9 Å². The van der Waals surface area contributed by atoms with Crippen molar-refractivity contribution >= 4 is 60.8 Å². The Hall–Kier alpha value is -2.24. The van der Waals surface area contributed by atoms with E-state index in [-0.39, 0.29) is 18.0 Å². The summed E-state index contributed by atoms with van der Waals surface area (Å²) >= 11 is 7.14. The van der Waals surface area contributed by atoms with E-state index in [1.54, 1.807) is 25.1 Å². The van der Waals surface area contributed by atoms with Crippen molar-refractivity contribution in [3.8, 4) is 0 Å². The quantitative estimate of drug-likeness (QED) is 0.534. The van der Waals surface area contributed by atoms with Gasteiger partial charge in [0, 0.05) is 18.1 Å². The number of esters is 1. The van der Waals surface area contributed by atoms with E-state index < -0.39 is 39.1 Å². The number of halogens is 1. The van der Waals surface area contributed by atoms with E-state index in [0.29, 0.717) is 28.3 Å². The number of aromatic nitrogens is 1. The third-order valence-electron chi connectivity index (χ3n) is 4.85. The molecular formula is C20H24ClN3O6S2. The minimum Gasteiger partial charge on any atom is -0.465 e. The molecule has 0 radical (unpaired) electrons. The zero-order valence-electron chi connectivity index (χ0n) is 17.6. The Labute approximate surface area is 194 Å². The molecular weight excluding hydrogens is 478 g/mol. The lowest BCUT2D eigenvalue weighted by molar-refractivity contribution is -0.143. The summed E-state index contributed by atoms with van der Waals surface area (Å²) in [6.07, 6.45) is 2.70. The molecule has 1 saturated heterocycles. The van der Waals surface area contributed by atoms with Crippen molar-refractivity contribution < 1.29 is 27.5 Å². The van der Waals surface area contributed by atoms with Crippen LogP contribution in [0.1, 0.15) is 26.2 Å². The van der Waals surface area contributed by atoms with Gasteiger partial charge in [0.2, 0.25) is 5.91 Å². The number of rotatable bonds is 7. The summed E-state index contributed by atoms with van der Waals surface area (Å²) in [7, 11) is -3.98. The van der Waals surface area contributed by atoms with E-state index >= 15 is 0 Å². The molecule has 12 heteroatoms. The zero-order chi connectivity index (χ0) is 23.3. The Morgan fingerprint density at radius 3 is 2.56 bits per heavy atom. The smallest absolute Gasteiger partial charge is 0.326 e. The molecule has 0 unspecified atom stereocenters. The first-order valence-electron chi connectivity index (χ1n) is 10.2. The lowest BCUT2D eigenvalue weighted by Gasteiger charge is -2.26. The van der Waals surface area contributed by atoms with Gasteiger partial charge in [-0.2, -0.15) is 4.99 Å². The molecule has 0 aliphatic carbocycles. The van der Waals surface area contributed by atoms with Gasteiger partial charge in [0.05, 0.1) is 16.8 Å². The minimum atomic E-state index is -3.98. The Morgan fingerprint density at radius 2 is 1.88 bits per heavy atom. The Balaban J connectivity index is 1.82. The van der Waals surface area contributed by atoms with Crippen LogP contribution in [-0.4, -0.2) is 66.9 Å². The summed E-state index contributed by atoms with van der Waals surface area (Å²) in [5, 5.41) is 0.471. The van der Waals surface area contributed by atoms with Crippen molar-refractivity contribution in [3.63, 3.8) is 0 Å². The lowest BCUT2D eigenvalue weighted by atomic mass is 10.1. The van der Waals surface area contributed by atoms with E-state index in [9.17, 15) is 22.8 Å². The number of carbonyl (C=O) groups is 3. The fourth-order valence-corrected chi connectivity index (χ4v) is 5.85. The predicted octanol–water partition coefficient (Wildman–Crippen LogP) is 1.77. The monoisotopic (exact) mass is 501 g/mol. The molecule has 32 heavy (non-hydrogen) atoms. The number of carbonyl (C=O) groups excluding carboxylic acids is 3. The maximum Gasteiger partial charge on any atom is 0.326 e.